The zero-order valence-electron chi connectivity index (χ0n) is 24.1. The number of nitrogens with zero attached hydrogens (tertiary/aromatic N) is 6. The summed E-state index contributed by atoms with van der Waals surface area (Å²) in [7, 11) is 0. The lowest BCUT2D eigenvalue weighted by atomic mass is 9.86. The van der Waals surface area contributed by atoms with Crippen LogP contribution in [0.25, 0.3) is 15.6 Å². The third kappa shape index (κ3) is 5.63. The van der Waals surface area contributed by atoms with Gasteiger partial charge in [-0.3, -0.25) is 4.79 Å². The van der Waals surface area contributed by atoms with Gasteiger partial charge < -0.3 is 24.3 Å². The van der Waals surface area contributed by atoms with Gasteiger partial charge in [-0.2, -0.15) is 9.97 Å². The molecule has 0 bridgehead atoms. The zero-order chi connectivity index (χ0) is 29.1. The van der Waals surface area contributed by atoms with Crippen molar-refractivity contribution in [1.82, 2.24) is 14.9 Å². The summed E-state index contributed by atoms with van der Waals surface area (Å²) in [5.74, 6) is 1.15. The van der Waals surface area contributed by atoms with E-state index in [9.17, 15) is 9.18 Å². The molecule has 3 aliphatic rings. The third-order valence-corrected chi connectivity index (χ3v) is 8.84. The minimum atomic E-state index is -0.689. The summed E-state index contributed by atoms with van der Waals surface area (Å²) in [6.45, 7) is 12.7. The van der Waals surface area contributed by atoms with Crippen molar-refractivity contribution in [2.24, 2.45) is 5.92 Å². The monoisotopic (exact) mass is 568 g/mol. The maximum absolute atomic E-state index is 12.7. The molecule has 218 valence electrons. The highest BCUT2D eigenvalue weighted by Gasteiger charge is 2.35. The van der Waals surface area contributed by atoms with Gasteiger partial charge in [0.25, 0.3) is 0 Å². The third-order valence-electron chi connectivity index (χ3n) is 8.84. The van der Waals surface area contributed by atoms with Crippen molar-refractivity contribution in [2.45, 2.75) is 45.2 Å². The van der Waals surface area contributed by atoms with E-state index in [0.29, 0.717) is 44.7 Å². The molecule has 8 nitrogen and oxygen atoms in total. The summed E-state index contributed by atoms with van der Waals surface area (Å²) in [5.41, 5.74) is 4.53. The van der Waals surface area contributed by atoms with E-state index < -0.39 is 6.67 Å². The van der Waals surface area contributed by atoms with Gasteiger partial charge in [0.15, 0.2) is 0 Å². The van der Waals surface area contributed by atoms with Crippen LogP contribution in [0.15, 0.2) is 48.6 Å². The Bertz CT molecular complexity index is 1530. The van der Waals surface area contributed by atoms with Crippen LogP contribution in [0.2, 0.25) is 0 Å². The molecular weight excluding hydrogens is 531 g/mol. The van der Waals surface area contributed by atoms with Crippen LogP contribution in [0.5, 0.6) is 6.01 Å². The lowest BCUT2D eigenvalue weighted by Crippen LogP contribution is -2.56. The van der Waals surface area contributed by atoms with Crippen LogP contribution in [0.4, 0.5) is 15.9 Å². The van der Waals surface area contributed by atoms with Gasteiger partial charge in [0.05, 0.1) is 18.8 Å². The second-order valence-electron chi connectivity index (χ2n) is 11.5. The van der Waals surface area contributed by atoms with Gasteiger partial charge in [-0.05, 0) is 55.2 Å². The minimum Gasteiger partial charge on any atom is -0.463 e. The number of amides is 1. The first-order valence-electron chi connectivity index (χ1n) is 14.9. The number of hydrogen-bond acceptors (Lipinski definition) is 6. The van der Waals surface area contributed by atoms with E-state index in [1.54, 1.807) is 4.90 Å². The SMILES string of the molecule is [C-]#[N+]C[C@H]1CN(c2nc(OCC3CCC3)nc3c2CCN(c2cccc4cccc(C)c24)C3)CCN1C(=O)/C=C/CF. The van der Waals surface area contributed by atoms with Crippen LogP contribution in [-0.4, -0.2) is 72.8 Å². The molecule has 1 aromatic heterocycles. The normalized spacial score (nSPS) is 19.1. The predicted octanol–water partition coefficient (Wildman–Crippen LogP) is 5.14. The Balaban J connectivity index is 1.32. The molecule has 0 N–H and O–H groups in total. The summed E-state index contributed by atoms with van der Waals surface area (Å²) in [6.07, 6.45) is 6.88. The average Bonchev–Trinajstić information content (AvgIpc) is 2.98. The summed E-state index contributed by atoms with van der Waals surface area (Å²) in [6, 6.07) is 13.0. The van der Waals surface area contributed by atoms with Gasteiger partial charge in [-0.25, -0.2) is 11.0 Å². The first-order chi connectivity index (χ1) is 20.6. The smallest absolute Gasteiger partial charge is 0.318 e. The Morgan fingerprint density at radius 3 is 2.74 bits per heavy atom. The molecular formula is C33H37FN6O2. The Morgan fingerprint density at radius 1 is 1.14 bits per heavy atom. The largest absolute Gasteiger partial charge is 0.463 e. The maximum Gasteiger partial charge on any atom is 0.318 e. The maximum atomic E-state index is 12.7. The fraction of sp³-hybridized carbons (Fsp3) is 0.455. The van der Waals surface area contributed by atoms with Crippen molar-refractivity contribution in [1.29, 1.82) is 0 Å². The Hall–Kier alpha value is -4.19. The standard InChI is InChI=1S/C33H37FN6O2/c1-23-7-3-10-25-11-5-12-29(31(23)25)38-16-14-27-28(21-38)36-33(42-22-24-8-4-9-24)37-32(27)39-17-18-40(26(20-39)19-35-2)30(41)13-6-15-34/h3,5-7,10-13,24,26H,4,8-9,14-22H2,1H3/b13-6+/t26-/m0/s1. The number of ether oxygens (including phenoxy) is 1. The molecule has 1 saturated heterocycles. The second-order valence-corrected chi connectivity index (χ2v) is 11.5. The molecule has 0 radical (unpaired) electrons. The number of benzene rings is 2. The van der Waals surface area contributed by atoms with E-state index >= 15 is 0 Å². The number of carbonyl (C=O) groups is 1. The van der Waals surface area contributed by atoms with Crippen LogP contribution < -0.4 is 14.5 Å². The number of aromatic nitrogens is 2. The number of hydrogen-bond donors (Lipinski definition) is 0. The molecule has 1 atom stereocenters. The first-order valence-corrected chi connectivity index (χ1v) is 14.9. The number of halogens is 1. The zero-order valence-corrected chi connectivity index (χ0v) is 24.1. The lowest BCUT2D eigenvalue weighted by molar-refractivity contribution is -0.128. The molecule has 1 aliphatic carbocycles. The molecule has 3 aromatic rings. The number of anilines is 2. The highest BCUT2D eigenvalue weighted by atomic mass is 19.1. The van der Waals surface area contributed by atoms with Crippen molar-refractivity contribution in [3.8, 4) is 6.01 Å². The van der Waals surface area contributed by atoms with Crippen LogP contribution in [0.3, 0.4) is 0 Å². The highest BCUT2D eigenvalue weighted by Crippen LogP contribution is 2.36. The average molecular weight is 569 g/mol. The van der Waals surface area contributed by atoms with Gasteiger partial charge in [0.2, 0.25) is 12.5 Å². The van der Waals surface area contributed by atoms with Gasteiger partial charge in [-0.15, -0.1) is 0 Å². The predicted molar refractivity (Wildman–Crippen MR) is 163 cm³/mol. The van der Waals surface area contributed by atoms with Crippen LogP contribution in [0.1, 0.15) is 36.1 Å². The highest BCUT2D eigenvalue weighted by molar-refractivity contribution is 5.97. The van der Waals surface area contributed by atoms with Gasteiger partial charge in [0, 0.05) is 48.9 Å². The lowest BCUT2D eigenvalue weighted by Gasteiger charge is -2.41. The van der Waals surface area contributed by atoms with E-state index in [-0.39, 0.29) is 18.5 Å². The fourth-order valence-corrected chi connectivity index (χ4v) is 6.38. The van der Waals surface area contributed by atoms with Crippen molar-refractivity contribution < 1.29 is 13.9 Å². The Labute approximate surface area is 246 Å². The molecule has 2 aromatic carbocycles. The molecule has 1 amide bonds. The van der Waals surface area contributed by atoms with Crippen molar-refractivity contribution in [2.75, 3.05) is 55.8 Å². The van der Waals surface area contributed by atoms with Gasteiger partial charge >= 0.3 is 6.01 Å². The summed E-state index contributed by atoms with van der Waals surface area (Å²) < 4.78 is 18.9. The van der Waals surface area contributed by atoms with Crippen LogP contribution in [0, 0.1) is 19.4 Å². The number of rotatable bonds is 8. The molecule has 0 unspecified atom stereocenters. The molecule has 6 rings (SSSR count). The Kier molecular flexibility index (Phi) is 8.22. The van der Waals surface area contributed by atoms with Gasteiger partial charge in [-0.1, -0.05) is 36.8 Å². The summed E-state index contributed by atoms with van der Waals surface area (Å²) in [5, 5.41) is 2.49. The van der Waals surface area contributed by atoms with E-state index in [0.717, 1.165) is 30.0 Å². The molecule has 42 heavy (non-hydrogen) atoms. The number of carbonyl (C=O) groups excluding carboxylic acids is 1. The number of alkyl halides is 1. The Morgan fingerprint density at radius 2 is 1.98 bits per heavy atom. The van der Waals surface area contributed by atoms with E-state index in [2.05, 4.69) is 58.0 Å². The van der Waals surface area contributed by atoms with Gasteiger partial charge in [0.1, 0.15) is 18.5 Å². The summed E-state index contributed by atoms with van der Waals surface area (Å²) in [4.78, 5) is 32.5. The topological polar surface area (TPSA) is 66.2 Å². The van der Waals surface area contributed by atoms with Crippen LogP contribution in [-0.2, 0) is 17.8 Å². The van der Waals surface area contributed by atoms with Crippen molar-refractivity contribution in [3.63, 3.8) is 0 Å². The molecule has 2 fully saturated rings. The molecule has 0 spiro atoms. The van der Waals surface area contributed by atoms with E-state index in [1.807, 2.05) is 0 Å². The fourth-order valence-electron chi connectivity index (χ4n) is 6.38. The van der Waals surface area contributed by atoms with Crippen molar-refractivity contribution >= 4 is 28.2 Å². The molecule has 3 heterocycles. The minimum absolute atomic E-state index is 0.179. The quantitative estimate of drug-likeness (QED) is 0.277. The summed E-state index contributed by atoms with van der Waals surface area (Å²) >= 11 is 0. The molecule has 9 heteroatoms. The number of aryl methyl sites for hydroxylation is 1. The molecule has 1 saturated carbocycles. The van der Waals surface area contributed by atoms with E-state index in [1.165, 1.54) is 53.4 Å². The first kappa shape index (κ1) is 28.0. The second kappa shape index (κ2) is 12.4. The van der Waals surface area contributed by atoms with Crippen molar-refractivity contribution in [3.05, 3.63) is 76.8 Å². The number of allylic oxidation sites excluding steroid dienone is 1. The molecule has 2 aliphatic heterocycles. The number of piperazine rings is 1. The number of fused-ring (bicyclic) bond motifs is 2. The van der Waals surface area contributed by atoms with Crippen LogP contribution >= 0.6 is 0 Å². The van der Waals surface area contributed by atoms with E-state index in [4.69, 9.17) is 21.3 Å².